The predicted molar refractivity (Wildman–Crippen MR) is 185 cm³/mol. The SMILES string of the molecule is C[C@@H]1CCCCO[C@@H](CN(C)C(=O)Nc2ccc3c(c2)OCO3)[C@H](C)CN([C@@H](C)CO)C(=O)c2cc(NC(=O)c3ccccc3)ccc2O1. The second kappa shape index (κ2) is 16.5. The topological polar surface area (TPSA) is 139 Å². The van der Waals surface area contributed by atoms with Gasteiger partial charge in [0.15, 0.2) is 11.5 Å². The van der Waals surface area contributed by atoms with E-state index in [1.165, 1.54) is 0 Å². The summed E-state index contributed by atoms with van der Waals surface area (Å²) >= 11 is 0. The number of nitrogens with one attached hydrogen (secondary N) is 2. The Morgan fingerprint density at radius 2 is 1.67 bits per heavy atom. The van der Waals surface area contributed by atoms with Gasteiger partial charge in [0.25, 0.3) is 11.8 Å². The van der Waals surface area contributed by atoms with Gasteiger partial charge in [-0.25, -0.2) is 4.79 Å². The van der Waals surface area contributed by atoms with Crippen LogP contribution in [0.2, 0.25) is 0 Å². The van der Waals surface area contributed by atoms with Gasteiger partial charge in [-0.05, 0) is 75.6 Å². The first-order chi connectivity index (χ1) is 23.6. The lowest BCUT2D eigenvalue weighted by molar-refractivity contribution is -0.0115. The lowest BCUT2D eigenvalue weighted by atomic mass is 10.0. The van der Waals surface area contributed by atoms with E-state index in [0.717, 1.165) is 19.3 Å². The number of aliphatic hydroxyl groups is 1. The minimum Gasteiger partial charge on any atom is -0.490 e. The van der Waals surface area contributed by atoms with E-state index in [-0.39, 0.29) is 61.9 Å². The second-order valence-corrected chi connectivity index (χ2v) is 12.7. The second-order valence-electron chi connectivity index (χ2n) is 12.7. The summed E-state index contributed by atoms with van der Waals surface area (Å²) in [5.74, 6) is 0.716. The highest BCUT2D eigenvalue weighted by Crippen LogP contribution is 2.34. The fraction of sp³-hybridized carbons (Fsp3) is 0.432. The molecule has 49 heavy (non-hydrogen) atoms. The lowest BCUT2D eigenvalue weighted by Gasteiger charge is -2.35. The largest absolute Gasteiger partial charge is 0.490 e. The van der Waals surface area contributed by atoms with Crippen LogP contribution in [0.3, 0.4) is 0 Å². The van der Waals surface area contributed by atoms with Crippen LogP contribution in [-0.4, -0.2) is 91.1 Å². The summed E-state index contributed by atoms with van der Waals surface area (Å²) in [5, 5.41) is 16.0. The fourth-order valence-corrected chi connectivity index (χ4v) is 5.80. The van der Waals surface area contributed by atoms with Crippen LogP contribution in [-0.2, 0) is 4.74 Å². The zero-order valence-corrected chi connectivity index (χ0v) is 28.5. The van der Waals surface area contributed by atoms with E-state index in [1.807, 2.05) is 19.9 Å². The minimum absolute atomic E-state index is 0.140. The van der Waals surface area contributed by atoms with Crippen LogP contribution >= 0.6 is 0 Å². The van der Waals surface area contributed by atoms with Gasteiger partial charge in [-0.1, -0.05) is 25.1 Å². The Balaban J connectivity index is 1.36. The normalized spacial score (nSPS) is 20.3. The molecule has 5 rings (SSSR count). The molecule has 2 aliphatic heterocycles. The van der Waals surface area contributed by atoms with Gasteiger partial charge in [0.2, 0.25) is 6.79 Å². The van der Waals surface area contributed by atoms with Crippen molar-refractivity contribution in [2.75, 3.05) is 50.8 Å². The van der Waals surface area contributed by atoms with Crippen molar-refractivity contribution in [2.24, 2.45) is 5.92 Å². The number of aliphatic hydroxyl groups excluding tert-OH is 1. The summed E-state index contributed by atoms with van der Waals surface area (Å²) in [6.45, 7) is 6.56. The van der Waals surface area contributed by atoms with Crippen LogP contribution in [0.25, 0.3) is 0 Å². The molecule has 0 saturated heterocycles. The molecule has 0 bridgehead atoms. The molecule has 2 aliphatic rings. The van der Waals surface area contributed by atoms with E-state index in [0.29, 0.717) is 40.8 Å². The summed E-state index contributed by atoms with van der Waals surface area (Å²) in [6.07, 6.45) is 1.75. The van der Waals surface area contributed by atoms with Crippen molar-refractivity contribution >= 4 is 29.2 Å². The Hall–Kier alpha value is -4.81. The van der Waals surface area contributed by atoms with Crippen LogP contribution in [0, 0.1) is 5.92 Å². The lowest BCUT2D eigenvalue weighted by Crippen LogP contribution is -2.48. The smallest absolute Gasteiger partial charge is 0.321 e. The Bertz CT molecular complexity index is 1600. The van der Waals surface area contributed by atoms with E-state index in [2.05, 4.69) is 10.6 Å². The van der Waals surface area contributed by atoms with E-state index >= 15 is 0 Å². The quantitative estimate of drug-likeness (QED) is 0.293. The number of hydrogen-bond acceptors (Lipinski definition) is 8. The third-order valence-corrected chi connectivity index (χ3v) is 8.77. The van der Waals surface area contributed by atoms with Crippen molar-refractivity contribution in [1.29, 1.82) is 0 Å². The van der Waals surface area contributed by atoms with Gasteiger partial charge in [-0.3, -0.25) is 9.59 Å². The first-order valence-electron chi connectivity index (χ1n) is 16.7. The average molecular weight is 675 g/mol. The van der Waals surface area contributed by atoms with E-state index in [4.69, 9.17) is 18.9 Å². The number of fused-ring (bicyclic) bond motifs is 2. The maximum atomic E-state index is 14.4. The molecular formula is C37H46N4O8. The number of hydrogen-bond donors (Lipinski definition) is 3. The third kappa shape index (κ3) is 9.21. The minimum atomic E-state index is -0.539. The van der Waals surface area contributed by atoms with Crippen molar-refractivity contribution in [2.45, 2.75) is 58.3 Å². The number of rotatable bonds is 7. The molecule has 4 atom stereocenters. The standard InChI is InChI=1S/C37H46N4O8/c1-24-20-41(25(2)22-42)36(44)30-18-28(38-35(43)27-11-6-5-7-12-27)13-15-31(30)49-26(3)10-8-9-17-46-34(24)21-40(4)37(45)39-29-14-16-32-33(19-29)48-23-47-32/h5-7,11-16,18-19,24-26,34,42H,8-10,17,20-23H2,1-4H3,(H,38,43)(H,39,45)/t24-,25+,26-,34+/m1/s1. The summed E-state index contributed by atoms with van der Waals surface area (Å²) in [7, 11) is 1.70. The number of anilines is 2. The zero-order chi connectivity index (χ0) is 34.9. The van der Waals surface area contributed by atoms with Gasteiger partial charge in [-0.15, -0.1) is 0 Å². The van der Waals surface area contributed by atoms with Crippen LogP contribution in [0.15, 0.2) is 66.7 Å². The Labute approximate surface area is 287 Å². The summed E-state index contributed by atoms with van der Waals surface area (Å²) in [6, 6.07) is 18.2. The maximum Gasteiger partial charge on any atom is 0.321 e. The molecule has 3 aromatic rings. The Morgan fingerprint density at radius 1 is 0.959 bits per heavy atom. The first-order valence-corrected chi connectivity index (χ1v) is 16.7. The number of ether oxygens (including phenoxy) is 4. The fourth-order valence-electron chi connectivity index (χ4n) is 5.80. The maximum absolute atomic E-state index is 14.4. The third-order valence-electron chi connectivity index (χ3n) is 8.77. The number of amides is 4. The highest BCUT2D eigenvalue weighted by Gasteiger charge is 2.31. The summed E-state index contributed by atoms with van der Waals surface area (Å²) in [4.78, 5) is 43.7. The number of carbonyl (C=O) groups is 3. The number of benzene rings is 3. The van der Waals surface area contributed by atoms with Gasteiger partial charge < -0.3 is 44.5 Å². The predicted octanol–water partition coefficient (Wildman–Crippen LogP) is 5.63. The molecule has 3 N–H and O–H groups in total. The number of urea groups is 1. The van der Waals surface area contributed by atoms with Crippen LogP contribution < -0.4 is 24.8 Å². The molecule has 0 spiro atoms. The summed E-state index contributed by atoms with van der Waals surface area (Å²) in [5.41, 5.74) is 1.78. The first kappa shape index (κ1) is 35.5. The molecule has 3 aromatic carbocycles. The molecule has 2 heterocycles. The molecule has 12 heteroatoms. The van der Waals surface area contributed by atoms with Gasteiger partial charge in [-0.2, -0.15) is 0 Å². The van der Waals surface area contributed by atoms with Gasteiger partial charge in [0.1, 0.15) is 5.75 Å². The molecule has 4 amide bonds. The zero-order valence-electron chi connectivity index (χ0n) is 28.5. The van der Waals surface area contributed by atoms with Gasteiger partial charge >= 0.3 is 6.03 Å². The molecule has 0 radical (unpaired) electrons. The monoisotopic (exact) mass is 674 g/mol. The highest BCUT2D eigenvalue weighted by molar-refractivity contribution is 6.05. The van der Waals surface area contributed by atoms with Gasteiger partial charge in [0, 0.05) is 55.7 Å². The summed E-state index contributed by atoms with van der Waals surface area (Å²) < 4.78 is 23.5. The van der Waals surface area contributed by atoms with E-state index in [1.54, 1.807) is 84.4 Å². The molecule has 0 saturated carbocycles. The molecule has 0 unspecified atom stereocenters. The van der Waals surface area contributed by atoms with Crippen LogP contribution in [0.1, 0.15) is 60.7 Å². The van der Waals surface area contributed by atoms with Crippen molar-refractivity contribution < 1.29 is 38.4 Å². The highest BCUT2D eigenvalue weighted by atomic mass is 16.7. The number of nitrogens with zero attached hydrogens (tertiary/aromatic N) is 2. The molecule has 0 fully saturated rings. The van der Waals surface area contributed by atoms with Crippen molar-refractivity contribution in [1.82, 2.24) is 9.80 Å². The van der Waals surface area contributed by atoms with Crippen molar-refractivity contribution in [3.63, 3.8) is 0 Å². The van der Waals surface area contributed by atoms with E-state index in [9.17, 15) is 19.5 Å². The molecule has 0 aromatic heterocycles. The Morgan fingerprint density at radius 3 is 2.43 bits per heavy atom. The van der Waals surface area contributed by atoms with Crippen LogP contribution in [0.4, 0.5) is 16.2 Å². The van der Waals surface area contributed by atoms with E-state index < -0.39 is 12.1 Å². The Kier molecular flexibility index (Phi) is 12.0. The number of carbonyl (C=O) groups excluding carboxylic acids is 3. The van der Waals surface area contributed by atoms with Gasteiger partial charge in [0.05, 0.1) is 30.4 Å². The number of likely N-dealkylation sites (N-methyl/N-ethyl adjacent to an activating group) is 1. The molecule has 0 aliphatic carbocycles. The molecule has 12 nitrogen and oxygen atoms in total. The van der Waals surface area contributed by atoms with Crippen molar-refractivity contribution in [3.05, 3.63) is 77.9 Å². The van der Waals surface area contributed by atoms with Crippen LogP contribution in [0.5, 0.6) is 17.2 Å². The van der Waals surface area contributed by atoms with Crippen molar-refractivity contribution in [3.8, 4) is 17.2 Å². The molecular weight excluding hydrogens is 628 g/mol. The molecule has 262 valence electrons. The average Bonchev–Trinajstić information content (AvgIpc) is 3.58.